The number of pyridine rings is 1. The van der Waals surface area contributed by atoms with Gasteiger partial charge >= 0.3 is 0 Å². The Morgan fingerprint density at radius 1 is 1.42 bits per heavy atom. The molecule has 0 fully saturated rings. The van der Waals surface area contributed by atoms with Crippen molar-refractivity contribution in [3.63, 3.8) is 0 Å². The van der Waals surface area contributed by atoms with Gasteiger partial charge < -0.3 is 4.98 Å². The van der Waals surface area contributed by atoms with E-state index in [0.717, 1.165) is 12.0 Å². The van der Waals surface area contributed by atoms with Crippen molar-refractivity contribution in [3.05, 3.63) is 33.7 Å². The third-order valence-corrected chi connectivity index (χ3v) is 2.76. The molecule has 2 unspecified atom stereocenters. The molecule has 0 bridgehead atoms. The highest BCUT2D eigenvalue weighted by Crippen LogP contribution is 2.38. The molecule has 1 aromatic rings. The Labute approximate surface area is 71.6 Å². The average Bonchev–Trinajstić information content (AvgIpc) is 2.29. The molecule has 0 spiro atoms. The van der Waals surface area contributed by atoms with Crippen LogP contribution in [0.4, 0.5) is 0 Å². The van der Waals surface area contributed by atoms with E-state index in [9.17, 15) is 4.79 Å². The topological polar surface area (TPSA) is 32.9 Å². The lowest BCUT2D eigenvalue weighted by atomic mass is 10.1. The Hall–Kier alpha value is -1.05. The van der Waals surface area contributed by atoms with Gasteiger partial charge in [0.05, 0.1) is 0 Å². The van der Waals surface area contributed by atoms with Crippen molar-refractivity contribution >= 4 is 0 Å². The van der Waals surface area contributed by atoms with Crippen LogP contribution in [-0.4, -0.2) is 4.98 Å². The Morgan fingerprint density at radius 3 is 2.83 bits per heavy atom. The zero-order valence-corrected chi connectivity index (χ0v) is 7.42. The Bertz CT molecular complexity index is 353. The van der Waals surface area contributed by atoms with Gasteiger partial charge in [-0.2, -0.15) is 0 Å². The summed E-state index contributed by atoms with van der Waals surface area (Å²) in [5.74, 6) is 0.984. The van der Waals surface area contributed by atoms with Gasteiger partial charge in [0, 0.05) is 11.8 Å². The Morgan fingerprint density at radius 2 is 2.17 bits per heavy atom. The van der Waals surface area contributed by atoms with E-state index in [1.54, 1.807) is 6.20 Å². The van der Waals surface area contributed by atoms with Gasteiger partial charge in [0.15, 0.2) is 0 Å². The molecule has 1 heterocycles. The lowest BCUT2D eigenvalue weighted by molar-refractivity contribution is 0.659. The summed E-state index contributed by atoms with van der Waals surface area (Å²) in [6, 6.07) is 2.03. The van der Waals surface area contributed by atoms with Gasteiger partial charge in [-0.3, -0.25) is 4.79 Å². The van der Waals surface area contributed by atoms with Crippen LogP contribution in [0.15, 0.2) is 17.1 Å². The van der Waals surface area contributed by atoms with Crippen molar-refractivity contribution in [2.24, 2.45) is 0 Å². The molecular formula is C10H13NO. The fraction of sp³-hybridized carbons (Fsp3) is 0.500. The second kappa shape index (κ2) is 2.47. The molecule has 0 radical (unpaired) electrons. The second-order valence-electron chi connectivity index (χ2n) is 3.71. The summed E-state index contributed by atoms with van der Waals surface area (Å²) in [4.78, 5) is 14.1. The van der Waals surface area contributed by atoms with E-state index in [-0.39, 0.29) is 5.56 Å². The number of fused-ring (bicyclic) bond motifs is 1. The number of hydrogen-bond donors (Lipinski definition) is 1. The molecule has 2 nitrogen and oxygen atoms in total. The second-order valence-corrected chi connectivity index (χ2v) is 3.71. The van der Waals surface area contributed by atoms with Crippen LogP contribution in [0.1, 0.15) is 43.2 Å². The molecule has 1 aliphatic carbocycles. The summed E-state index contributed by atoms with van der Waals surface area (Å²) in [5, 5.41) is 0. The van der Waals surface area contributed by atoms with Crippen molar-refractivity contribution in [3.8, 4) is 0 Å². The molecule has 2 atom stereocenters. The van der Waals surface area contributed by atoms with Gasteiger partial charge in [-0.05, 0) is 29.9 Å². The maximum Gasteiger partial charge on any atom is 0.251 e. The highest BCUT2D eigenvalue weighted by atomic mass is 16.1. The highest BCUT2D eigenvalue weighted by molar-refractivity contribution is 5.34. The summed E-state index contributed by atoms with van der Waals surface area (Å²) in [6.45, 7) is 4.30. The van der Waals surface area contributed by atoms with E-state index in [2.05, 4.69) is 18.8 Å². The predicted octanol–water partition coefficient (Wildman–Crippen LogP) is 1.99. The molecule has 0 aliphatic heterocycles. The maximum absolute atomic E-state index is 11.4. The third kappa shape index (κ3) is 0.909. The fourth-order valence-electron chi connectivity index (χ4n) is 2.22. The molecule has 1 aliphatic rings. The maximum atomic E-state index is 11.4. The van der Waals surface area contributed by atoms with Crippen LogP contribution in [0.2, 0.25) is 0 Å². The number of aromatic amines is 1. The van der Waals surface area contributed by atoms with Gasteiger partial charge in [-0.25, -0.2) is 0 Å². The molecule has 1 aromatic heterocycles. The fourth-order valence-corrected chi connectivity index (χ4v) is 2.22. The number of hydrogen-bond acceptors (Lipinski definition) is 1. The molecule has 2 rings (SSSR count). The Kier molecular flexibility index (Phi) is 1.56. The van der Waals surface area contributed by atoms with Gasteiger partial charge in [-0.1, -0.05) is 13.8 Å². The van der Waals surface area contributed by atoms with Crippen molar-refractivity contribution in [1.29, 1.82) is 0 Å². The quantitative estimate of drug-likeness (QED) is 0.623. The smallest absolute Gasteiger partial charge is 0.251 e. The summed E-state index contributed by atoms with van der Waals surface area (Å²) < 4.78 is 0. The van der Waals surface area contributed by atoms with Crippen LogP contribution in [0, 0.1) is 0 Å². The summed E-state index contributed by atoms with van der Waals surface area (Å²) in [5.41, 5.74) is 2.35. The van der Waals surface area contributed by atoms with E-state index < -0.39 is 0 Å². The van der Waals surface area contributed by atoms with Crippen molar-refractivity contribution in [2.45, 2.75) is 32.1 Å². The predicted molar refractivity (Wildman–Crippen MR) is 48.5 cm³/mol. The number of rotatable bonds is 0. The summed E-state index contributed by atoms with van der Waals surface area (Å²) in [6.07, 6.45) is 2.86. The summed E-state index contributed by atoms with van der Waals surface area (Å²) in [7, 11) is 0. The average molecular weight is 163 g/mol. The Balaban J connectivity index is 2.67. The minimum Gasteiger partial charge on any atom is -0.329 e. The zero-order chi connectivity index (χ0) is 8.72. The SMILES string of the molecule is CC1CC(C)c2c1cc[nH]c2=O. The lowest BCUT2D eigenvalue weighted by Crippen LogP contribution is -2.12. The van der Waals surface area contributed by atoms with E-state index in [4.69, 9.17) is 0 Å². The van der Waals surface area contributed by atoms with Crippen molar-refractivity contribution in [2.75, 3.05) is 0 Å². The molecule has 64 valence electrons. The molecule has 0 amide bonds. The first-order chi connectivity index (χ1) is 5.70. The van der Waals surface area contributed by atoms with Gasteiger partial charge in [-0.15, -0.1) is 0 Å². The molecule has 2 heteroatoms. The minimum atomic E-state index is 0.101. The zero-order valence-electron chi connectivity index (χ0n) is 7.42. The molecule has 0 aromatic carbocycles. The number of H-pyrrole nitrogens is 1. The van der Waals surface area contributed by atoms with Crippen LogP contribution in [0.25, 0.3) is 0 Å². The van der Waals surface area contributed by atoms with Gasteiger partial charge in [0.25, 0.3) is 5.56 Å². The molecule has 1 N–H and O–H groups in total. The van der Waals surface area contributed by atoms with Crippen LogP contribution in [-0.2, 0) is 0 Å². The van der Waals surface area contributed by atoms with Crippen LogP contribution in [0.3, 0.4) is 0 Å². The van der Waals surface area contributed by atoms with Crippen LogP contribution < -0.4 is 5.56 Å². The largest absolute Gasteiger partial charge is 0.329 e. The molecule has 0 saturated heterocycles. The van der Waals surface area contributed by atoms with Crippen molar-refractivity contribution in [1.82, 2.24) is 4.98 Å². The van der Waals surface area contributed by atoms with E-state index in [1.165, 1.54) is 5.56 Å². The first-order valence-corrected chi connectivity index (χ1v) is 4.41. The number of aromatic nitrogens is 1. The molecular weight excluding hydrogens is 150 g/mol. The van der Waals surface area contributed by atoms with Gasteiger partial charge in [0.1, 0.15) is 0 Å². The monoisotopic (exact) mass is 163 g/mol. The van der Waals surface area contributed by atoms with Crippen LogP contribution in [0.5, 0.6) is 0 Å². The van der Waals surface area contributed by atoms with Crippen LogP contribution >= 0.6 is 0 Å². The van der Waals surface area contributed by atoms with Gasteiger partial charge in [0.2, 0.25) is 0 Å². The number of nitrogens with one attached hydrogen (secondary N) is 1. The highest BCUT2D eigenvalue weighted by Gasteiger charge is 2.26. The summed E-state index contributed by atoms with van der Waals surface area (Å²) >= 11 is 0. The van der Waals surface area contributed by atoms with E-state index >= 15 is 0 Å². The first kappa shape index (κ1) is 7.59. The molecule has 12 heavy (non-hydrogen) atoms. The van der Waals surface area contributed by atoms with Crippen molar-refractivity contribution < 1.29 is 0 Å². The normalized spacial score (nSPS) is 27.2. The lowest BCUT2D eigenvalue weighted by Gasteiger charge is -2.01. The minimum absolute atomic E-state index is 0.101. The standard InChI is InChI=1S/C10H13NO/c1-6-5-7(2)9-8(6)3-4-11-10(9)12/h3-4,6-7H,5H2,1-2H3,(H,11,12). The molecule has 0 saturated carbocycles. The van der Waals surface area contributed by atoms with E-state index in [1.807, 2.05) is 6.07 Å². The third-order valence-electron chi connectivity index (χ3n) is 2.76. The van der Waals surface area contributed by atoms with E-state index in [0.29, 0.717) is 11.8 Å². The first-order valence-electron chi connectivity index (χ1n) is 4.41.